The van der Waals surface area contributed by atoms with Gasteiger partial charge in [-0.05, 0) is 13.8 Å². The fraction of sp³-hybridized carbons (Fsp3) is 0.500. The minimum atomic E-state index is 0. The summed E-state index contributed by atoms with van der Waals surface area (Å²) in [6.45, 7) is 5.72. The smallest absolute Gasteiger partial charge is 0.191 e. The Hall–Kier alpha value is -0.740. The first kappa shape index (κ1) is 19.3. The monoisotopic (exact) mass is 451 g/mol. The van der Waals surface area contributed by atoms with Crippen molar-refractivity contribution in [3.05, 3.63) is 32.2 Å². The van der Waals surface area contributed by atoms with E-state index in [0.29, 0.717) is 0 Å². The zero-order chi connectivity index (χ0) is 15.1. The molecule has 0 bridgehead atoms. The SMILES string of the molecule is CN=C(NCCc1csc(C)n1)NCCc1csc(C)n1.I. The molecule has 0 aliphatic heterocycles. The molecular formula is C14H22IN5S2. The van der Waals surface area contributed by atoms with Gasteiger partial charge >= 0.3 is 0 Å². The Balaban J connectivity index is 0.00000242. The molecule has 0 amide bonds. The molecule has 22 heavy (non-hydrogen) atoms. The first-order valence-electron chi connectivity index (χ1n) is 6.94. The summed E-state index contributed by atoms with van der Waals surface area (Å²) in [5, 5.41) is 13.1. The Morgan fingerprint density at radius 2 is 1.45 bits per heavy atom. The molecule has 0 saturated carbocycles. The van der Waals surface area contributed by atoms with Gasteiger partial charge in [0.2, 0.25) is 0 Å². The van der Waals surface area contributed by atoms with Crippen LogP contribution in [0.15, 0.2) is 15.8 Å². The van der Waals surface area contributed by atoms with Crippen molar-refractivity contribution < 1.29 is 0 Å². The predicted molar refractivity (Wildman–Crippen MR) is 106 cm³/mol. The third-order valence-electron chi connectivity index (χ3n) is 2.90. The van der Waals surface area contributed by atoms with Crippen LogP contribution in [0, 0.1) is 13.8 Å². The van der Waals surface area contributed by atoms with E-state index in [1.165, 1.54) is 0 Å². The third kappa shape index (κ3) is 6.57. The Labute approximate surface area is 156 Å². The number of aliphatic imine (C=N–C) groups is 1. The fourth-order valence-corrected chi connectivity index (χ4v) is 3.18. The van der Waals surface area contributed by atoms with E-state index in [1.54, 1.807) is 29.7 Å². The second-order valence-electron chi connectivity index (χ2n) is 4.64. The maximum Gasteiger partial charge on any atom is 0.191 e. The topological polar surface area (TPSA) is 62.2 Å². The summed E-state index contributed by atoms with van der Waals surface area (Å²) in [6, 6.07) is 0. The van der Waals surface area contributed by atoms with Crippen LogP contribution in [0.25, 0.3) is 0 Å². The molecule has 2 N–H and O–H groups in total. The molecule has 8 heteroatoms. The summed E-state index contributed by atoms with van der Waals surface area (Å²) in [4.78, 5) is 13.1. The molecule has 0 radical (unpaired) electrons. The molecule has 0 aliphatic rings. The van der Waals surface area contributed by atoms with Gasteiger partial charge in [0.15, 0.2) is 5.96 Å². The molecule has 2 aromatic heterocycles. The van der Waals surface area contributed by atoms with Gasteiger partial charge in [0.25, 0.3) is 0 Å². The summed E-state index contributed by atoms with van der Waals surface area (Å²) in [6.07, 6.45) is 1.83. The maximum atomic E-state index is 4.45. The van der Waals surface area contributed by atoms with Crippen molar-refractivity contribution in [1.29, 1.82) is 0 Å². The maximum absolute atomic E-state index is 4.45. The highest BCUT2D eigenvalue weighted by Gasteiger charge is 2.02. The van der Waals surface area contributed by atoms with E-state index >= 15 is 0 Å². The molecule has 2 heterocycles. The number of hydrogen-bond donors (Lipinski definition) is 2. The van der Waals surface area contributed by atoms with Gasteiger partial charge in [-0.15, -0.1) is 46.7 Å². The van der Waals surface area contributed by atoms with Crippen molar-refractivity contribution in [2.24, 2.45) is 4.99 Å². The molecule has 0 saturated heterocycles. The summed E-state index contributed by atoms with van der Waals surface area (Å²) in [7, 11) is 1.79. The van der Waals surface area contributed by atoms with E-state index in [0.717, 1.165) is 53.3 Å². The highest BCUT2D eigenvalue weighted by atomic mass is 127. The van der Waals surface area contributed by atoms with Crippen LogP contribution < -0.4 is 10.6 Å². The predicted octanol–water partition coefficient (Wildman–Crippen LogP) is 2.78. The van der Waals surface area contributed by atoms with Crippen molar-refractivity contribution in [2.75, 3.05) is 20.1 Å². The lowest BCUT2D eigenvalue weighted by Crippen LogP contribution is -2.39. The second-order valence-corrected chi connectivity index (χ2v) is 6.77. The van der Waals surface area contributed by atoms with Gasteiger partial charge in [-0.2, -0.15) is 0 Å². The average Bonchev–Trinajstić information content (AvgIpc) is 3.06. The van der Waals surface area contributed by atoms with Gasteiger partial charge in [0.05, 0.1) is 21.4 Å². The molecule has 0 aliphatic carbocycles. The van der Waals surface area contributed by atoms with Gasteiger partial charge in [-0.3, -0.25) is 4.99 Å². The van der Waals surface area contributed by atoms with Crippen LogP contribution in [-0.2, 0) is 12.8 Å². The molecule has 0 unspecified atom stereocenters. The lowest BCUT2D eigenvalue weighted by atomic mass is 10.3. The summed E-state index contributed by atoms with van der Waals surface area (Å²) in [5.41, 5.74) is 2.27. The number of nitrogens with one attached hydrogen (secondary N) is 2. The number of aromatic nitrogens is 2. The van der Waals surface area contributed by atoms with Crippen LogP contribution >= 0.6 is 46.7 Å². The number of halogens is 1. The van der Waals surface area contributed by atoms with Crippen LogP contribution in [-0.4, -0.2) is 36.1 Å². The normalized spacial score (nSPS) is 9.95. The minimum Gasteiger partial charge on any atom is -0.356 e. The first-order valence-corrected chi connectivity index (χ1v) is 8.70. The molecule has 0 aromatic carbocycles. The third-order valence-corrected chi connectivity index (χ3v) is 4.55. The van der Waals surface area contributed by atoms with E-state index in [9.17, 15) is 0 Å². The molecule has 0 spiro atoms. The summed E-state index contributed by atoms with van der Waals surface area (Å²) >= 11 is 3.38. The van der Waals surface area contributed by atoms with Gasteiger partial charge in [0.1, 0.15) is 0 Å². The molecule has 5 nitrogen and oxygen atoms in total. The van der Waals surface area contributed by atoms with E-state index in [2.05, 4.69) is 36.4 Å². The standard InChI is InChI=1S/C14H21N5S2.HI/c1-10-18-12(8-20-10)4-6-16-14(15-3)17-7-5-13-9-21-11(2)19-13;/h8-9H,4-7H2,1-3H3,(H2,15,16,17);1H. The first-order chi connectivity index (χ1) is 10.2. The number of nitrogens with zero attached hydrogens (tertiary/aromatic N) is 3. The van der Waals surface area contributed by atoms with Gasteiger partial charge in [-0.25, -0.2) is 9.97 Å². The number of thiazole rings is 2. The van der Waals surface area contributed by atoms with Gasteiger partial charge in [-0.1, -0.05) is 0 Å². The zero-order valence-electron chi connectivity index (χ0n) is 13.0. The zero-order valence-corrected chi connectivity index (χ0v) is 17.0. The number of rotatable bonds is 6. The Morgan fingerprint density at radius 3 is 1.77 bits per heavy atom. The molecule has 122 valence electrons. The number of guanidine groups is 1. The molecule has 2 aromatic rings. The minimum absolute atomic E-state index is 0. The lowest BCUT2D eigenvalue weighted by Gasteiger charge is -2.10. The van der Waals surface area contributed by atoms with Crippen molar-refractivity contribution in [3.8, 4) is 0 Å². The Bertz CT molecular complexity index is 545. The van der Waals surface area contributed by atoms with E-state index in [4.69, 9.17) is 0 Å². The quantitative estimate of drug-likeness (QED) is 0.403. The van der Waals surface area contributed by atoms with Gasteiger partial charge < -0.3 is 10.6 Å². The Kier molecular flexibility index (Phi) is 8.88. The molecule has 0 fully saturated rings. The van der Waals surface area contributed by atoms with E-state index in [-0.39, 0.29) is 24.0 Å². The largest absolute Gasteiger partial charge is 0.356 e. The van der Waals surface area contributed by atoms with Crippen molar-refractivity contribution in [1.82, 2.24) is 20.6 Å². The van der Waals surface area contributed by atoms with Gasteiger partial charge in [0, 0.05) is 43.7 Å². The molecule has 2 rings (SSSR count). The molecular weight excluding hydrogens is 429 g/mol. The van der Waals surface area contributed by atoms with Crippen LogP contribution in [0.2, 0.25) is 0 Å². The average molecular weight is 451 g/mol. The fourth-order valence-electron chi connectivity index (χ4n) is 1.88. The van der Waals surface area contributed by atoms with Crippen molar-refractivity contribution in [3.63, 3.8) is 0 Å². The van der Waals surface area contributed by atoms with Crippen LogP contribution in [0.1, 0.15) is 21.4 Å². The Morgan fingerprint density at radius 1 is 1.00 bits per heavy atom. The van der Waals surface area contributed by atoms with Crippen LogP contribution in [0.5, 0.6) is 0 Å². The highest BCUT2D eigenvalue weighted by molar-refractivity contribution is 14.0. The lowest BCUT2D eigenvalue weighted by molar-refractivity contribution is 0.772. The summed E-state index contributed by atoms with van der Waals surface area (Å²) < 4.78 is 0. The second kappa shape index (κ2) is 10.1. The number of aryl methyl sites for hydroxylation is 2. The van der Waals surface area contributed by atoms with Crippen molar-refractivity contribution >= 4 is 52.6 Å². The van der Waals surface area contributed by atoms with Crippen LogP contribution in [0.3, 0.4) is 0 Å². The molecule has 0 atom stereocenters. The van der Waals surface area contributed by atoms with Crippen LogP contribution in [0.4, 0.5) is 0 Å². The number of hydrogen-bond acceptors (Lipinski definition) is 5. The van der Waals surface area contributed by atoms with E-state index in [1.807, 2.05) is 13.8 Å². The van der Waals surface area contributed by atoms with E-state index < -0.39 is 0 Å². The van der Waals surface area contributed by atoms with Crippen molar-refractivity contribution in [2.45, 2.75) is 26.7 Å². The highest BCUT2D eigenvalue weighted by Crippen LogP contribution is 2.08. The summed E-state index contributed by atoms with van der Waals surface area (Å²) in [5.74, 6) is 0.828.